The fourth-order valence-corrected chi connectivity index (χ4v) is 3.14. The molecule has 2 aromatic carbocycles. The molecule has 0 aliphatic heterocycles. The smallest absolute Gasteiger partial charge is 0.107 e. The molecule has 0 fully saturated rings. The summed E-state index contributed by atoms with van der Waals surface area (Å²) in [6.45, 7) is 0. The fourth-order valence-electron chi connectivity index (χ4n) is 2.71. The monoisotopic (exact) mass is 311 g/mol. The second-order valence-electron chi connectivity index (χ2n) is 5.09. The highest BCUT2D eigenvalue weighted by atomic mass is 32.2. The molecule has 0 bridgehead atoms. The average molecular weight is 311 g/mol. The second-order valence-corrected chi connectivity index (χ2v) is 6.07. The molecule has 0 heterocycles. The lowest BCUT2D eigenvalue weighted by molar-refractivity contribution is 0.135. The third kappa shape index (κ3) is 3.91. The van der Waals surface area contributed by atoms with E-state index in [4.69, 9.17) is 4.74 Å². The van der Waals surface area contributed by atoms with Gasteiger partial charge in [-0.2, -0.15) is 17.0 Å². The summed E-state index contributed by atoms with van der Waals surface area (Å²) in [6, 6.07) is 18.8. The molecule has 0 aliphatic carbocycles. The van der Waals surface area contributed by atoms with Gasteiger partial charge in [0.15, 0.2) is 0 Å². The van der Waals surface area contributed by atoms with Gasteiger partial charge in [0.2, 0.25) is 0 Å². The molecule has 0 saturated heterocycles. The van der Waals surface area contributed by atoms with Crippen LogP contribution < -0.4 is 0 Å². The Morgan fingerprint density at radius 3 is 2.55 bits per heavy atom. The lowest BCUT2D eigenvalue weighted by Crippen LogP contribution is -2.09. The van der Waals surface area contributed by atoms with Gasteiger partial charge < -0.3 is 4.74 Å². The van der Waals surface area contributed by atoms with Crippen LogP contribution in [-0.4, -0.2) is 19.1 Å². The van der Waals surface area contributed by atoms with E-state index in [0.29, 0.717) is 6.42 Å². The third-order valence-corrected chi connectivity index (χ3v) is 4.37. The van der Waals surface area contributed by atoms with Crippen molar-refractivity contribution in [3.05, 3.63) is 70.8 Å². The van der Waals surface area contributed by atoms with Gasteiger partial charge in [-0.25, -0.2) is 0 Å². The Labute approximate surface area is 137 Å². The van der Waals surface area contributed by atoms with E-state index in [2.05, 4.69) is 42.7 Å². The van der Waals surface area contributed by atoms with E-state index in [-0.39, 0.29) is 6.10 Å². The van der Waals surface area contributed by atoms with E-state index >= 15 is 0 Å². The molecule has 2 nitrogen and oxygen atoms in total. The molecule has 2 rings (SSSR count). The minimum Gasteiger partial charge on any atom is -0.372 e. The Balaban J connectivity index is 2.46. The number of hydrogen-bond donors (Lipinski definition) is 0. The van der Waals surface area contributed by atoms with Gasteiger partial charge in [-0.3, -0.25) is 0 Å². The summed E-state index contributed by atoms with van der Waals surface area (Å²) >= 11 is 1.83. The third-order valence-electron chi connectivity index (χ3n) is 3.76. The van der Waals surface area contributed by atoms with Crippen molar-refractivity contribution in [2.24, 2.45) is 0 Å². The van der Waals surface area contributed by atoms with Crippen LogP contribution in [0.5, 0.6) is 0 Å². The number of aryl methyl sites for hydroxylation is 1. The number of ether oxygens (including phenoxy) is 1. The van der Waals surface area contributed by atoms with Crippen LogP contribution in [0.2, 0.25) is 0 Å². The van der Waals surface area contributed by atoms with Crippen LogP contribution in [0.3, 0.4) is 0 Å². The molecule has 0 amide bonds. The summed E-state index contributed by atoms with van der Waals surface area (Å²) < 4.78 is 5.75. The zero-order chi connectivity index (χ0) is 15.8. The minimum atomic E-state index is -0.126. The predicted molar refractivity (Wildman–Crippen MR) is 93.1 cm³/mol. The molecular formula is C19H21NOS. The maximum absolute atomic E-state index is 9.22. The molecule has 1 unspecified atom stereocenters. The lowest BCUT2D eigenvalue weighted by atomic mass is 9.91. The van der Waals surface area contributed by atoms with Gasteiger partial charge in [0.05, 0.1) is 12.5 Å². The number of benzene rings is 2. The van der Waals surface area contributed by atoms with Gasteiger partial charge in [0.25, 0.3) is 0 Å². The van der Waals surface area contributed by atoms with Crippen LogP contribution in [0.15, 0.2) is 48.5 Å². The molecule has 0 N–H and O–H groups in total. The normalized spacial score (nSPS) is 11.9. The first-order valence-corrected chi connectivity index (χ1v) is 8.75. The van der Waals surface area contributed by atoms with Crippen molar-refractivity contribution in [3.8, 4) is 6.07 Å². The summed E-state index contributed by atoms with van der Waals surface area (Å²) in [7, 11) is 1.72. The Kier molecular flexibility index (Phi) is 6.51. The van der Waals surface area contributed by atoms with Crippen molar-refractivity contribution in [3.63, 3.8) is 0 Å². The Hall–Kier alpha value is -1.76. The first-order valence-electron chi connectivity index (χ1n) is 7.36. The minimum absolute atomic E-state index is 0.126. The summed E-state index contributed by atoms with van der Waals surface area (Å²) in [4.78, 5) is 0. The molecule has 0 radical (unpaired) electrons. The van der Waals surface area contributed by atoms with Crippen molar-refractivity contribution < 1.29 is 4.74 Å². The van der Waals surface area contributed by atoms with Crippen LogP contribution in [0.1, 0.15) is 28.4 Å². The van der Waals surface area contributed by atoms with Crippen molar-refractivity contribution in [2.75, 3.05) is 19.1 Å². The van der Waals surface area contributed by atoms with Gasteiger partial charge in [-0.05, 0) is 40.7 Å². The molecular weight excluding hydrogens is 290 g/mol. The van der Waals surface area contributed by atoms with Crippen molar-refractivity contribution in [2.45, 2.75) is 18.9 Å². The fraction of sp³-hybridized carbons (Fsp3) is 0.316. The summed E-state index contributed by atoms with van der Waals surface area (Å²) in [6.07, 6.45) is 3.39. The second kappa shape index (κ2) is 8.63. The Morgan fingerprint density at radius 2 is 1.91 bits per heavy atom. The predicted octanol–water partition coefficient (Wildman–Crippen LogP) is 4.39. The SMILES string of the molecule is COC(c1ccccc1)c1cccc(CCSC)c1CC#N. The van der Waals surface area contributed by atoms with E-state index in [1.54, 1.807) is 7.11 Å². The highest BCUT2D eigenvalue weighted by Crippen LogP contribution is 2.30. The van der Waals surface area contributed by atoms with E-state index in [1.807, 2.05) is 30.0 Å². The summed E-state index contributed by atoms with van der Waals surface area (Å²) in [5.74, 6) is 1.06. The highest BCUT2D eigenvalue weighted by Gasteiger charge is 2.18. The van der Waals surface area contributed by atoms with E-state index < -0.39 is 0 Å². The zero-order valence-electron chi connectivity index (χ0n) is 13.1. The van der Waals surface area contributed by atoms with E-state index in [1.165, 1.54) is 5.56 Å². The quantitative estimate of drug-likeness (QED) is 0.760. The van der Waals surface area contributed by atoms with Gasteiger partial charge in [0.1, 0.15) is 6.10 Å². The topological polar surface area (TPSA) is 33.0 Å². The number of methoxy groups -OCH3 is 1. The first-order chi connectivity index (χ1) is 10.8. The van der Waals surface area contributed by atoms with Gasteiger partial charge in [-0.15, -0.1) is 0 Å². The van der Waals surface area contributed by atoms with Crippen LogP contribution in [0.4, 0.5) is 0 Å². The molecule has 3 heteroatoms. The van der Waals surface area contributed by atoms with Crippen molar-refractivity contribution >= 4 is 11.8 Å². The molecule has 0 aliphatic rings. The number of thioether (sulfide) groups is 1. The van der Waals surface area contributed by atoms with Crippen LogP contribution in [0, 0.1) is 11.3 Å². The van der Waals surface area contributed by atoms with E-state index in [9.17, 15) is 5.26 Å². The first kappa shape index (κ1) is 16.6. The van der Waals surface area contributed by atoms with Crippen LogP contribution in [0.25, 0.3) is 0 Å². The lowest BCUT2D eigenvalue weighted by Gasteiger charge is -2.21. The molecule has 0 aromatic heterocycles. The molecule has 1 atom stereocenters. The van der Waals surface area contributed by atoms with Gasteiger partial charge in [0, 0.05) is 7.11 Å². The number of nitriles is 1. The number of rotatable bonds is 7. The van der Waals surface area contributed by atoms with Crippen LogP contribution >= 0.6 is 11.8 Å². The standard InChI is InChI=1S/C19H21NOS/c1-21-19(16-7-4-3-5-8-16)18-10-6-9-15(12-14-22-2)17(18)11-13-20/h3-10,19H,11-12,14H2,1-2H3. The molecule has 0 saturated carbocycles. The van der Waals surface area contributed by atoms with Crippen molar-refractivity contribution in [1.82, 2.24) is 0 Å². The average Bonchev–Trinajstić information content (AvgIpc) is 2.56. The summed E-state index contributed by atoms with van der Waals surface area (Å²) in [5.41, 5.74) is 4.60. The molecule has 22 heavy (non-hydrogen) atoms. The van der Waals surface area contributed by atoms with Crippen molar-refractivity contribution in [1.29, 1.82) is 5.26 Å². The zero-order valence-corrected chi connectivity index (χ0v) is 13.9. The molecule has 114 valence electrons. The van der Waals surface area contributed by atoms with Gasteiger partial charge >= 0.3 is 0 Å². The molecule has 0 spiro atoms. The molecule has 2 aromatic rings. The Morgan fingerprint density at radius 1 is 1.14 bits per heavy atom. The van der Waals surface area contributed by atoms with Gasteiger partial charge in [-0.1, -0.05) is 48.5 Å². The largest absolute Gasteiger partial charge is 0.372 e. The van der Waals surface area contributed by atoms with Crippen LogP contribution in [-0.2, 0) is 17.6 Å². The Bertz CT molecular complexity index is 634. The summed E-state index contributed by atoms with van der Waals surface area (Å²) in [5, 5.41) is 9.22. The number of hydrogen-bond acceptors (Lipinski definition) is 3. The maximum atomic E-state index is 9.22. The number of nitrogens with zero attached hydrogens (tertiary/aromatic N) is 1. The highest BCUT2D eigenvalue weighted by molar-refractivity contribution is 7.98. The maximum Gasteiger partial charge on any atom is 0.107 e. The van der Waals surface area contributed by atoms with E-state index in [0.717, 1.165) is 28.9 Å².